The average molecular weight is 280 g/mol. The Morgan fingerprint density at radius 2 is 1.33 bits per heavy atom. The Balaban J connectivity index is 3.08. The molecule has 0 saturated heterocycles. The fourth-order valence-electron chi connectivity index (χ4n) is 1.88. The van der Waals surface area contributed by atoms with Gasteiger partial charge in [0.25, 0.3) is 0 Å². The first-order valence-electron chi connectivity index (χ1n) is 7.03. The molecule has 0 fully saturated rings. The fraction of sp³-hybridized carbons (Fsp3) is 1.00. The fourth-order valence-corrected chi connectivity index (χ4v) is 2.21. The number of hydrogen-bond acceptors (Lipinski definition) is 3. The summed E-state index contributed by atoms with van der Waals surface area (Å²) in [6, 6.07) is 0. The quantitative estimate of drug-likeness (QED) is 0.434. The number of unbranched alkanes of at least 4 members (excludes halogenated alkanes) is 7. The molecule has 0 aromatic rings. The lowest BCUT2D eigenvalue weighted by Gasteiger charge is -2.04. The van der Waals surface area contributed by atoms with Crippen LogP contribution in [-0.2, 0) is 14.6 Å². The molecule has 18 heavy (non-hydrogen) atoms. The molecule has 0 rings (SSSR count). The molecule has 4 nitrogen and oxygen atoms in total. The Hall–Kier alpha value is -0.130. The Morgan fingerprint density at radius 3 is 1.78 bits per heavy atom. The predicted octanol–water partition coefficient (Wildman–Crippen LogP) is 3.97. The summed E-state index contributed by atoms with van der Waals surface area (Å²) >= 11 is 0. The summed E-state index contributed by atoms with van der Waals surface area (Å²) in [7, 11) is -4.24. The molecule has 0 radical (unpaired) electrons. The van der Waals surface area contributed by atoms with Crippen molar-refractivity contribution in [2.75, 3.05) is 6.61 Å². The van der Waals surface area contributed by atoms with E-state index < -0.39 is 10.4 Å². The van der Waals surface area contributed by atoms with Gasteiger partial charge in [-0.15, -0.1) is 0 Å². The van der Waals surface area contributed by atoms with Gasteiger partial charge < -0.3 is 0 Å². The van der Waals surface area contributed by atoms with Gasteiger partial charge in [0.05, 0.1) is 6.61 Å². The highest BCUT2D eigenvalue weighted by Crippen LogP contribution is 2.12. The smallest absolute Gasteiger partial charge is 0.264 e. The summed E-state index contributed by atoms with van der Waals surface area (Å²) in [5, 5.41) is 0. The van der Waals surface area contributed by atoms with Crippen LogP contribution in [0.15, 0.2) is 0 Å². The molecule has 0 spiro atoms. The highest BCUT2D eigenvalue weighted by molar-refractivity contribution is 7.80. The number of rotatable bonds is 12. The van der Waals surface area contributed by atoms with Crippen LogP contribution in [0, 0.1) is 5.92 Å². The average Bonchev–Trinajstić information content (AvgIpc) is 2.24. The standard InChI is InChI=1S/C13H28O4S/c1-13(2)11-9-7-5-3-4-6-8-10-12-17-18(14,15)16/h13H,3-12H2,1-2H3,(H,14,15,16). The van der Waals surface area contributed by atoms with Crippen molar-refractivity contribution in [3.05, 3.63) is 0 Å². The summed E-state index contributed by atoms with van der Waals surface area (Å²) in [5.41, 5.74) is 0. The predicted molar refractivity (Wildman–Crippen MR) is 73.9 cm³/mol. The van der Waals surface area contributed by atoms with E-state index in [0.29, 0.717) is 6.42 Å². The maximum atomic E-state index is 10.2. The molecule has 0 aromatic carbocycles. The van der Waals surface area contributed by atoms with Gasteiger partial charge >= 0.3 is 10.4 Å². The summed E-state index contributed by atoms with van der Waals surface area (Å²) in [6.07, 6.45) is 10.5. The van der Waals surface area contributed by atoms with Crippen LogP contribution in [0.3, 0.4) is 0 Å². The first-order chi connectivity index (χ1) is 8.42. The summed E-state index contributed by atoms with van der Waals surface area (Å²) in [4.78, 5) is 0. The van der Waals surface area contributed by atoms with E-state index >= 15 is 0 Å². The third kappa shape index (κ3) is 15.9. The molecule has 0 aliphatic carbocycles. The van der Waals surface area contributed by atoms with Gasteiger partial charge in [-0.25, -0.2) is 4.18 Å². The molecular formula is C13H28O4S. The Morgan fingerprint density at radius 1 is 0.889 bits per heavy atom. The molecule has 110 valence electrons. The van der Waals surface area contributed by atoms with Crippen molar-refractivity contribution in [2.24, 2.45) is 5.92 Å². The zero-order valence-electron chi connectivity index (χ0n) is 11.7. The van der Waals surface area contributed by atoms with Crippen molar-refractivity contribution in [3.8, 4) is 0 Å². The second-order valence-electron chi connectivity index (χ2n) is 5.26. The van der Waals surface area contributed by atoms with Crippen LogP contribution in [0.2, 0.25) is 0 Å². The highest BCUT2D eigenvalue weighted by atomic mass is 32.3. The van der Waals surface area contributed by atoms with Gasteiger partial charge in [-0.05, 0) is 12.3 Å². The van der Waals surface area contributed by atoms with E-state index in [0.717, 1.165) is 18.8 Å². The zero-order valence-corrected chi connectivity index (χ0v) is 12.5. The molecule has 0 atom stereocenters. The van der Waals surface area contributed by atoms with E-state index in [1.165, 1.54) is 38.5 Å². The summed E-state index contributed by atoms with van der Waals surface area (Å²) < 4.78 is 33.1. The molecule has 5 heteroatoms. The highest BCUT2D eigenvalue weighted by Gasteiger charge is 2.02. The molecule has 1 N–H and O–H groups in total. The Kier molecular flexibility index (Phi) is 10.7. The summed E-state index contributed by atoms with van der Waals surface area (Å²) in [5.74, 6) is 0.813. The van der Waals surface area contributed by atoms with Crippen LogP contribution in [-0.4, -0.2) is 19.6 Å². The van der Waals surface area contributed by atoms with Crippen molar-refractivity contribution in [2.45, 2.75) is 71.6 Å². The van der Waals surface area contributed by atoms with Gasteiger partial charge in [-0.2, -0.15) is 8.42 Å². The first kappa shape index (κ1) is 17.9. The lowest BCUT2D eigenvalue weighted by molar-refractivity contribution is 0.261. The van der Waals surface area contributed by atoms with Crippen molar-refractivity contribution in [1.82, 2.24) is 0 Å². The Labute approximate surface area is 112 Å². The second-order valence-corrected chi connectivity index (χ2v) is 6.35. The molecule has 0 aliphatic rings. The van der Waals surface area contributed by atoms with Gasteiger partial charge in [0, 0.05) is 0 Å². The molecule has 0 bridgehead atoms. The van der Waals surface area contributed by atoms with Crippen LogP contribution >= 0.6 is 0 Å². The molecule has 0 amide bonds. The lowest BCUT2D eigenvalue weighted by Crippen LogP contribution is -2.04. The molecule has 0 unspecified atom stereocenters. The van der Waals surface area contributed by atoms with Crippen molar-refractivity contribution < 1.29 is 17.2 Å². The normalized spacial score (nSPS) is 12.2. The van der Waals surface area contributed by atoms with Crippen LogP contribution in [0.5, 0.6) is 0 Å². The maximum absolute atomic E-state index is 10.2. The molecule has 0 aromatic heterocycles. The zero-order chi connectivity index (χ0) is 13.9. The van der Waals surface area contributed by atoms with Gasteiger partial charge in [0.1, 0.15) is 0 Å². The van der Waals surface area contributed by atoms with Crippen molar-refractivity contribution >= 4 is 10.4 Å². The summed E-state index contributed by atoms with van der Waals surface area (Å²) in [6.45, 7) is 4.61. The molecule has 0 heterocycles. The monoisotopic (exact) mass is 280 g/mol. The second kappa shape index (κ2) is 10.8. The number of hydrogen-bond donors (Lipinski definition) is 1. The van der Waals surface area contributed by atoms with Crippen LogP contribution in [0.25, 0.3) is 0 Å². The van der Waals surface area contributed by atoms with E-state index in [1.54, 1.807) is 0 Å². The molecule has 0 saturated carbocycles. The van der Waals surface area contributed by atoms with Gasteiger partial charge in [-0.3, -0.25) is 4.55 Å². The molecule has 0 aliphatic heterocycles. The van der Waals surface area contributed by atoms with Crippen molar-refractivity contribution in [3.63, 3.8) is 0 Å². The largest absolute Gasteiger partial charge is 0.397 e. The Bertz CT molecular complexity index is 273. The van der Waals surface area contributed by atoms with Crippen molar-refractivity contribution in [1.29, 1.82) is 0 Å². The van der Waals surface area contributed by atoms with Gasteiger partial charge in [-0.1, -0.05) is 65.2 Å². The minimum atomic E-state index is -4.24. The van der Waals surface area contributed by atoms with E-state index in [1.807, 2.05) is 0 Å². The van der Waals surface area contributed by atoms with E-state index in [-0.39, 0.29) is 6.61 Å². The minimum absolute atomic E-state index is 0.0905. The van der Waals surface area contributed by atoms with E-state index in [2.05, 4.69) is 18.0 Å². The van der Waals surface area contributed by atoms with Gasteiger partial charge in [0.2, 0.25) is 0 Å². The topological polar surface area (TPSA) is 63.6 Å². The lowest BCUT2D eigenvalue weighted by atomic mass is 10.0. The maximum Gasteiger partial charge on any atom is 0.397 e. The van der Waals surface area contributed by atoms with E-state index in [4.69, 9.17) is 4.55 Å². The van der Waals surface area contributed by atoms with E-state index in [9.17, 15) is 8.42 Å². The molecular weight excluding hydrogens is 252 g/mol. The SMILES string of the molecule is CC(C)CCCCCCCCCCOS(=O)(=O)O. The van der Waals surface area contributed by atoms with Crippen LogP contribution in [0.4, 0.5) is 0 Å². The first-order valence-corrected chi connectivity index (χ1v) is 8.40. The third-order valence-corrected chi connectivity index (χ3v) is 3.37. The minimum Gasteiger partial charge on any atom is -0.264 e. The van der Waals surface area contributed by atoms with Crippen LogP contribution in [0.1, 0.15) is 71.6 Å². The third-order valence-electron chi connectivity index (χ3n) is 2.91. The van der Waals surface area contributed by atoms with Gasteiger partial charge in [0.15, 0.2) is 0 Å². The van der Waals surface area contributed by atoms with Crippen LogP contribution < -0.4 is 0 Å².